The van der Waals surface area contributed by atoms with Crippen molar-refractivity contribution >= 4 is 11.6 Å². The van der Waals surface area contributed by atoms with Crippen molar-refractivity contribution in [3.63, 3.8) is 0 Å². The highest BCUT2D eigenvalue weighted by Crippen LogP contribution is 2.18. The van der Waals surface area contributed by atoms with Gasteiger partial charge in [-0.05, 0) is 43.5 Å². The summed E-state index contributed by atoms with van der Waals surface area (Å²) in [5, 5.41) is 7.10. The number of hydrogen-bond acceptors (Lipinski definition) is 3. The van der Waals surface area contributed by atoms with Gasteiger partial charge >= 0.3 is 0 Å². The number of nitrogens with one attached hydrogen (secondary N) is 2. The van der Waals surface area contributed by atoms with Gasteiger partial charge in [0.15, 0.2) is 5.96 Å². The van der Waals surface area contributed by atoms with Crippen LogP contribution in [0.1, 0.15) is 38.2 Å². The summed E-state index contributed by atoms with van der Waals surface area (Å²) in [5.74, 6) is 0.912. The zero-order valence-electron chi connectivity index (χ0n) is 17.0. The second kappa shape index (κ2) is 10.4. The first-order valence-corrected chi connectivity index (χ1v) is 10.5. The predicted octanol–water partition coefficient (Wildman–Crippen LogP) is 2.99. The van der Waals surface area contributed by atoms with Gasteiger partial charge in [0.25, 0.3) is 0 Å². The van der Waals surface area contributed by atoms with Gasteiger partial charge in [0.05, 0.1) is 0 Å². The topological polar surface area (TPSA) is 42.9 Å². The number of likely N-dealkylation sites (tertiary alicyclic amines) is 1. The first-order chi connectivity index (χ1) is 13.3. The zero-order valence-corrected chi connectivity index (χ0v) is 17.0. The molecule has 5 nitrogen and oxygen atoms in total. The number of piperidine rings is 1. The molecule has 0 amide bonds. The second-order valence-electron chi connectivity index (χ2n) is 7.59. The molecule has 0 atom stereocenters. The first kappa shape index (κ1) is 19.7. The molecule has 5 heteroatoms. The van der Waals surface area contributed by atoms with Crippen LogP contribution in [-0.2, 0) is 6.54 Å². The molecule has 0 bridgehead atoms. The maximum atomic E-state index is 4.43. The maximum absolute atomic E-state index is 4.43. The van der Waals surface area contributed by atoms with Crippen LogP contribution in [0.5, 0.6) is 0 Å². The SMILES string of the molecule is CCCCN1CCC(NC(=NC)NCc2cccc(N3CC=CC3)c2)CC1. The molecule has 2 aliphatic rings. The summed E-state index contributed by atoms with van der Waals surface area (Å²) >= 11 is 0. The van der Waals surface area contributed by atoms with Crippen molar-refractivity contribution in [2.45, 2.75) is 45.2 Å². The van der Waals surface area contributed by atoms with E-state index < -0.39 is 0 Å². The Morgan fingerprint density at radius 3 is 2.67 bits per heavy atom. The largest absolute Gasteiger partial charge is 0.364 e. The van der Waals surface area contributed by atoms with Crippen LogP contribution in [0, 0.1) is 0 Å². The highest BCUT2D eigenvalue weighted by Gasteiger charge is 2.19. The van der Waals surface area contributed by atoms with E-state index in [9.17, 15) is 0 Å². The molecule has 2 heterocycles. The summed E-state index contributed by atoms with van der Waals surface area (Å²) in [5.41, 5.74) is 2.58. The van der Waals surface area contributed by atoms with E-state index in [2.05, 4.69) is 68.8 Å². The third-order valence-corrected chi connectivity index (χ3v) is 5.53. The second-order valence-corrected chi connectivity index (χ2v) is 7.59. The lowest BCUT2D eigenvalue weighted by Gasteiger charge is -2.33. The van der Waals surface area contributed by atoms with Gasteiger partial charge in [-0.3, -0.25) is 4.99 Å². The van der Waals surface area contributed by atoms with E-state index in [1.807, 2.05) is 7.05 Å². The number of unbranched alkanes of at least 4 members (excludes halogenated alkanes) is 1. The Morgan fingerprint density at radius 1 is 1.19 bits per heavy atom. The van der Waals surface area contributed by atoms with E-state index in [-0.39, 0.29) is 0 Å². The first-order valence-electron chi connectivity index (χ1n) is 10.5. The molecule has 1 aromatic rings. The van der Waals surface area contributed by atoms with Crippen LogP contribution in [0.3, 0.4) is 0 Å². The van der Waals surface area contributed by atoms with Crippen LogP contribution in [0.25, 0.3) is 0 Å². The predicted molar refractivity (Wildman–Crippen MR) is 115 cm³/mol. The highest BCUT2D eigenvalue weighted by atomic mass is 15.2. The van der Waals surface area contributed by atoms with Crippen LogP contribution in [0.15, 0.2) is 41.4 Å². The van der Waals surface area contributed by atoms with Gasteiger partial charge in [-0.2, -0.15) is 0 Å². The number of anilines is 1. The third kappa shape index (κ3) is 5.99. The summed E-state index contributed by atoms with van der Waals surface area (Å²) in [6.07, 6.45) is 9.44. The molecule has 0 spiro atoms. The van der Waals surface area contributed by atoms with E-state index in [0.29, 0.717) is 6.04 Å². The fraction of sp³-hybridized carbons (Fsp3) is 0.591. The average Bonchev–Trinajstić information content (AvgIpc) is 3.25. The molecule has 0 aliphatic carbocycles. The molecule has 1 aromatic carbocycles. The van der Waals surface area contributed by atoms with Crippen molar-refractivity contribution in [1.82, 2.24) is 15.5 Å². The molecule has 2 aliphatic heterocycles. The summed E-state index contributed by atoms with van der Waals surface area (Å²) < 4.78 is 0. The lowest BCUT2D eigenvalue weighted by Crippen LogP contribution is -2.48. The van der Waals surface area contributed by atoms with Crippen LogP contribution >= 0.6 is 0 Å². The Balaban J connectivity index is 1.44. The van der Waals surface area contributed by atoms with Crippen molar-refractivity contribution < 1.29 is 0 Å². The van der Waals surface area contributed by atoms with Gasteiger partial charge < -0.3 is 20.4 Å². The van der Waals surface area contributed by atoms with Gasteiger partial charge in [0.1, 0.15) is 0 Å². The normalized spacial score (nSPS) is 18.9. The van der Waals surface area contributed by atoms with Crippen molar-refractivity contribution in [3.8, 4) is 0 Å². The minimum atomic E-state index is 0.524. The molecule has 27 heavy (non-hydrogen) atoms. The monoisotopic (exact) mass is 369 g/mol. The molecule has 0 aromatic heterocycles. The molecular weight excluding hydrogens is 334 g/mol. The molecular formula is C22H35N5. The van der Waals surface area contributed by atoms with Crippen LogP contribution in [0.4, 0.5) is 5.69 Å². The Hall–Kier alpha value is -2.01. The van der Waals surface area contributed by atoms with E-state index in [1.54, 1.807) is 0 Å². The molecule has 0 unspecified atom stereocenters. The Labute approximate surface area is 164 Å². The Bertz CT molecular complexity index is 623. The van der Waals surface area contributed by atoms with E-state index in [1.165, 1.54) is 56.6 Å². The van der Waals surface area contributed by atoms with Crippen LogP contribution < -0.4 is 15.5 Å². The number of nitrogens with zero attached hydrogens (tertiary/aromatic N) is 3. The van der Waals surface area contributed by atoms with Gasteiger partial charge in [-0.15, -0.1) is 0 Å². The van der Waals surface area contributed by atoms with E-state index in [0.717, 1.165) is 25.6 Å². The van der Waals surface area contributed by atoms with E-state index >= 15 is 0 Å². The fourth-order valence-electron chi connectivity index (χ4n) is 3.81. The summed E-state index contributed by atoms with van der Waals surface area (Å²) in [6.45, 7) is 8.72. The fourth-order valence-corrected chi connectivity index (χ4v) is 3.81. The lowest BCUT2D eigenvalue weighted by molar-refractivity contribution is 0.203. The number of aliphatic imine (C=N–C) groups is 1. The summed E-state index contributed by atoms with van der Waals surface area (Å²) in [6, 6.07) is 9.32. The Kier molecular flexibility index (Phi) is 7.57. The van der Waals surface area contributed by atoms with Crippen molar-refractivity contribution in [2.75, 3.05) is 44.7 Å². The number of benzene rings is 1. The maximum Gasteiger partial charge on any atom is 0.191 e. The van der Waals surface area contributed by atoms with Crippen molar-refractivity contribution in [2.24, 2.45) is 4.99 Å². The van der Waals surface area contributed by atoms with Gasteiger partial charge in [-0.1, -0.05) is 37.6 Å². The number of hydrogen-bond donors (Lipinski definition) is 2. The average molecular weight is 370 g/mol. The molecule has 2 N–H and O–H groups in total. The number of rotatable bonds is 7. The third-order valence-electron chi connectivity index (χ3n) is 5.53. The zero-order chi connectivity index (χ0) is 18.9. The number of guanidine groups is 1. The van der Waals surface area contributed by atoms with Gasteiger partial charge in [0, 0.05) is 51.5 Å². The van der Waals surface area contributed by atoms with Crippen LogP contribution in [-0.4, -0.2) is 56.7 Å². The minimum absolute atomic E-state index is 0.524. The molecule has 3 rings (SSSR count). The van der Waals surface area contributed by atoms with Gasteiger partial charge in [-0.25, -0.2) is 0 Å². The van der Waals surface area contributed by atoms with Gasteiger partial charge in [0.2, 0.25) is 0 Å². The van der Waals surface area contributed by atoms with Crippen molar-refractivity contribution in [1.29, 1.82) is 0 Å². The quantitative estimate of drug-likeness (QED) is 0.441. The van der Waals surface area contributed by atoms with E-state index in [4.69, 9.17) is 0 Å². The molecule has 1 fully saturated rings. The Morgan fingerprint density at radius 2 is 1.96 bits per heavy atom. The van der Waals surface area contributed by atoms with Crippen molar-refractivity contribution in [3.05, 3.63) is 42.0 Å². The smallest absolute Gasteiger partial charge is 0.191 e. The summed E-state index contributed by atoms with van der Waals surface area (Å²) in [4.78, 5) is 9.40. The summed E-state index contributed by atoms with van der Waals surface area (Å²) in [7, 11) is 1.86. The standard InChI is InChI=1S/C22H35N5/c1-3-4-12-26-15-10-20(11-16-26)25-22(23-2)24-18-19-8-7-9-21(17-19)27-13-5-6-14-27/h5-9,17,20H,3-4,10-16,18H2,1-2H3,(H2,23,24,25). The molecule has 148 valence electrons. The molecule has 0 radical (unpaired) electrons. The molecule has 1 saturated heterocycles. The highest BCUT2D eigenvalue weighted by molar-refractivity contribution is 5.80. The molecule has 0 saturated carbocycles. The van der Waals surface area contributed by atoms with Crippen LogP contribution in [0.2, 0.25) is 0 Å². The minimum Gasteiger partial charge on any atom is -0.364 e. The lowest BCUT2D eigenvalue weighted by atomic mass is 10.0.